The first-order valence-electron chi connectivity index (χ1n) is 9.69. The molecule has 1 atom stereocenters. The molecule has 4 rings (SSSR count). The lowest BCUT2D eigenvalue weighted by Crippen LogP contribution is -2.43. The molecule has 2 heterocycles. The number of rotatable bonds is 3. The number of nitrogens with one attached hydrogen (secondary N) is 1. The van der Waals surface area contributed by atoms with E-state index in [0.717, 1.165) is 0 Å². The van der Waals surface area contributed by atoms with Crippen molar-refractivity contribution in [2.45, 2.75) is 38.3 Å². The van der Waals surface area contributed by atoms with Gasteiger partial charge in [-0.25, -0.2) is 4.39 Å². The molecule has 9 heteroatoms. The van der Waals surface area contributed by atoms with Crippen molar-refractivity contribution in [3.8, 4) is 0 Å². The smallest absolute Gasteiger partial charge is 0.286 e. The summed E-state index contributed by atoms with van der Waals surface area (Å²) in [6, 6.07) is 11.2. The molecule has 0 aliphatic carbocycles. The van der Waals surface area contributed by atoms with Crippen molar-refractivity contribution in [3.63, 3.8) is 0 Å². The summed E-state index contributed by atoms with van der Waals surface area (Å²) in [5, 5.41) is 13.9. The number of benzene rings is 2. The van der Waals surface area contributed by atoms with Gasteiger partial charge < -0.3 is 15.3 Å². The molecule has 1 unspecified atom stereocenters. The van der Waals surface area contributed by atoms with Gasteiger partial charge in [-0.2, -0.15) is 8.42 Å². The van der Waals surface area contributed by atoms with E-state index < -0.39 is 33.2 Å². The lowest BCUT2D eigenvalue weighted by atomic mass is 9.85. The number of fused-ring (bicyclic) bond motifs is 1. The number of carbonyl (C=O) groups is 1. The first-order valence-corrected chi connectivity index (χ1v) is 11.1. The highest BCUT2D eigenvalue weighted by molar-refractivity contribution is 7.90. The Morgan fingerprint density at radius 1 is 1.13 bits per heavy atom. The number of para-hydroxylation sites is 1. The molecule has 0 saturated carbocycles. The summed E-state index contributed by atoms with van der Waals surface area (Å²) in [4.78, 5) is 14.8. The number of amidine groups is 1. The largest absolute Gasteiger partial charge is 0.509 e. The van der Waals surface area contributed by atoms with Gasteiger partial charge in [0, 0.05) is 6.54 Å². The molecule has 2 aromatic carbocycles. The Labute approximate surface area is 180 Å². The van der Waals surface area contributed by atoms with Crippen molar-refractivity contribution in [3.05, 3.63) is 71.2 Å². The molecule has 0 bridgehead atoms. The maximum absolute atomic E-state index is 13.4. The predicted molar refractivity (Wildman–Crippen MR) is 115 cm³/mol. The number of anilines is 1. The highest BCUT2D eigenvalue weighted by atomic mass is 32.2. The van der Waals surface area contributed by atoms with E-state index in [1.54, 1.807) is 30.3 Å². The summed E-state index contributed by atoms with van der Waals surface area (Å²) < 4.78 is 42.4. The average molecular weight is 444 g/mol. The Kier molecular flexibility index (Phi) is 4.88. The van der Waals surface area contributed by atoms with Crippen LogP contribution in [0.4, 0.5) is 10.1 Å². The van der Waals surface area contributed by atoms with Crippen LogP contribution in [-0.2, 0) is 21.4 Å². The number of aliphatic hydroxyl groups is 1. The Morgan fingerprint density at radius 2 is 1.77 bits per heavy atom. The van der Waals surface area contributed by atoms with Crippen molar-refractivity contribution in [2.75, 3.05) is 5.32 Å². The van der Waals surface area contributed by atoms with Gasteiger partial charge in [0.25, 0.3) is 15.9 Å². The monoisotopic (exact) mass is 443 g/mol. The van der Waals surface area contributed by atoms with Gasteiger partial charge in [0.2, 0.25) is 0 Å². The van der Waals surface area contributed by atoms with Crippen molar-refractivity contribution in [1.29, 1.82) is 0 Å². The van der Waals surface area contributed by atoms with E-state index in [2.05, 4.69) is 9.71 Å². The van der Waals surface area contributed by atoms with E-state index in [1.807, 2.05) is 20.8 Å². The summed E-state index contributed by atoms with van der Waals surface area (Å²) in [5.74, 6) is -1.41. The molecular formula is C22H22FN3O4S. The van der Waals surface area contributed by atoms with Crippen LogP contribution in [0, 0.1) is 11.2 Å². The van der Waals surface area contributed by atoms with Crippen LogP contribution in [-0.4, -0.2) is 36.2 Å². The Bertz CT molecular complexity index is 1230. The number of hydrogen-bond donors (Lipinski definition) is 2. The number of carbonyl (C=O) groups excluding carboxylic acids is 1. The SMILES string of the molecule is CC(C)(C)C1C(O)=C(C2=NS(=O)(=O)c3ccccc3N2)C(=O)N1Cc1ccc(F)cc1. The van der Waals surface area contributed by atoms with Crippen LogP contribution in [0.2, 0.25) is 0 Å². The molecule has 0 radical (unpaired) electrons. The third-order valence-electron chi connectivity index (χ3n) is 5.25. The molecule has 0 fully saturated rings. The molecular weight excluding hydrogens is 421 g/mol. The molecule has 7 nitrogen and oxygen atoms in total. The van der Waals surface area contributed by atoms with Crippen molar-refractivity contribution >= 4 is 27.5 Å². The minimum Gasteiger partial charge on any atom is -0.509 e. The van der Waals surface area contributed by atoms with Gasteiger partial charge in [0.15, 0.2) is 5.84 Å². The predicted octanol–water partition coefficient (Wildman–Crippen LogP) is 3.61. The number of aliphatic hydroxyl groups excluding tert-OH is 1. The molecule has 2 aromatic rings. The molecule has 0 spiro atoms. The van der Waals surface area contributed by atoms with E-state index in [-0.39, 0.29) is 34.3 Å². The van der Waals surface area contributed by atoms with E-state index in [9.17, 15) is 22.7 Å². The fourth-order valence-electron chi connectivity index (χ4n) is 3.93. The lowest BCUT2D eigenvalue weighted by Gasteiger charge is -2.35. The van der Waals surface area contributed by atoms with E-state index in [4.69, 9.17) is 0 Å². The second kappa shape index (κ2) is 7.19. The van der Waals surface area contributed by atoms with Gasteiger partial charge in [-0.15, -0.1) is 4.40 Å². The molecule has 2 N–H and O–H groups in total. The second-order valence-corrected chi connectivity index (χ2v) is 10.2. The Hall–Kier alpha value is -3.20. The van der Waals surface area contributed by atoms with Crippen LogP contribution >= 0.6 is 0 Å². The van der Waals surface area contributed by atoms with Gasteiger partial charge in [0.1, 0.15) is 22.0 Å². The number of hydrogen-bond acceptors (Lipinski definition) is 5. The molecule has 0 saturated heterocycles. The number of nitrogens with zero attached hydrogens (tertiary/aromatic N) is 2. The van der Waals surface area contributed by atoms with Crippen molar-refractivity contribution in [1.82, 2.24) is 4.90 Å². The first kappa shape index (κ1) is 21.0. The van der Waals surface area contributed by atoms with Gasteiger partial charge in [0.05, 0.1) is 11.7 Å². The fourth-order valence-corrected chi connectivity index (χ4v) is 5.05. The second-order valence-electron chi connectivity index (χ2n) is 8.62. The minimum absolute atomic E-state index is 0.000162. The fraction of sp³-hybridized carbons (Fsp3) is 0.273. The zero-order valence-corrected chi connectivity index (χ0v) is 18.1. The quantitative estimate of drug-likeness (QED) is 0.755. The highest BCUT2D eigenvalue weighted by Gasteiger charge is 2.48. The molecule has 0 aromatic heterocycles. The molecule has 2 aliphatic heterocycles. The maximum Gasteiger partial charge on any atom is 0.286 e. The van der Waals surface area contributed by atoms with Crippen LogP contribution in [0.5, 0.6) is 0 Å². The number of amides is 1. The summed E-state index contributed by atoms with van der Waals surface area (Å²) in [6.07, 6.45) is 0. The lowest BCUT2D eigenvalue weighted by molar-refractivity contribution is -0.129. The van der Waals surface area contributed by atoms with E-state index >= 15 is 0 Å². The molecule has 2 aliphatic rings. The van der Waals surface area contributed by atoms with Gasteiger partial charge in [-0.1, -0.05) is 45.0 Å². The third-order valence-corrected chi connectivity index (χ3v) is 6.59. The normalized spacial score (nSPS) is 20.4. The third kappa shape index (κ3) is 3.69. The standard InChI is InChI=1S/C22H22FN3O4S/c1-22(2,3)19-18(27)17(21(28)26(19)12-13-8-10-14(23)11-9-13)20-24-15-6-4-5-7-16(15)31(29,30)25-20/h4-11,19,27H,12H2,1-3H3,(H,24,25). The number of halogens is 1. The van der Waals surface area contributed by atoms with Gasteiger partial charge in [-0.05, 0) is 35.2 Å². The summed E-state index contributed by atoms with van der Waals surface area (Å²) in [6.45, 7) is 5.71. The Morgan fingerprint density at radius 3 is 2.42 bits per heavy atom. The summed E-state index contributed by atoms with van der Waals surface area (Å²) in [7, 11) is -4.04. The van der Waals surface area contributed by atoms with E-state index in [0.29, 0.717) is 5.56 Å². The minimum atomic E-state index is -4.04. The van der Waals surface area contributed by atoms with E-state index in [1.165, 1.54) is 23.1 Å². The molecule has 1 amide bonds. The zero-order valence-electron chi connectivity index (χ0n) is 17.3. The maximum atomic E-state index is 13.4. The van der Waals surface area contributed by atoms with Crippen LogP contribution in [0.25, 0.3) is 0 Å². The highest BCUT2D eigenvalue weighted by Crippen LogP contribution is 2.39. The molecule has 162 valence electrons. The summed E-state index contributed by atoms with van der Waals surface area (Å²) >= 11 is 0. The van der Waals surface area contributed by atoms with Crippen LogP contribution in [0.1, 0.15) is 26.3 Å². The average Bonchev–Trinajstić information content (AvgIpc) is 2.93. The first-order chi connectivity index (χ1) is 14.5. The van der Waals surface area contributed by atoms with Crippen LogP contribution in [0.3, 0.4) is 0 Å². The van der Waals surface area contributed by atoms with Crippen LogP contribution in [0.15, 0.2) is 69.2 Å². The Balaban J connectivity index is 1.77. The summed E-state index contributed by atoms with van der Waals surface area (Å²) in [5.41, 5.74) is 0.215. The van der Waals surface area contributed by atoms with Crippen molar-refractivity contribution in [2.24, 2.45) is 9.81 Å². The number of sulfonamides is 1. The topological polar surface area (TPSA) is 99.1 Å². The van der Waals surface area contributed by atoms with Crippen LogP contribution < -0.4 is 5.32 Å². The molecule has 31 heavy (non-hydrogen) atoms. The van der Waals surface area contributed by atoms with Gasteiger partial charge in [-0.3, -0.25) is 4.79 Å². The zero-order chi connectivity index (χ0) is 22.6. The van der Waals surface area contributed by atoms with Gasteiger partial charge >= 0.3 is 0 Å². The van der Waals surface area contributed by atoms with Crippen molar-refractivity contribution < 1.29 is 22.7 Å².